The summed E-state index contributed by atoms with van der Waals surface area (Å²) >= 11 is 6.02. The molecule has 4 aromatic rings. The molecule has 0 bridgehead atoms. The van der Waals surface area contributed by atoms with Gasteiger partial charge in [-0.1, -0.05) is 60.1 Å². The van der Waals surface area contributed by atoms with Crippen LogP contribution in [0.2, 0.25) is 5.02 Å². The Bertz CT molecular complexity index is 1340. The van der Waals surface area contributed by atoms with Crippen LogP contribution in [0.1, 0.15) is 17.2 Å². The molecule has 6 heteroatoms. The molecule has 1 fully saturated rings. The number of fused-ring (bicyclic) bond motifs is 1. The zero-order chi connectivity index (χ0) is 21.5. The first-order valence-electron chi connectivity index (χ1n) is 9.74. The van der Waals surface area contributed by atoms with Crippen LogP contribution in [0.4, 0.5) is 5.69 Å². The van der Waals surface area contributed by atoms with E-state index in [2.05, 4.69) is 4.98 Å². The number of halogens is 1. The number of aromatic nitrogens is 1. The van der Waals surface area contributed by atoms with Gasteiger partial charge >= 0.3 is 0 Å². The third-order valence-corrected chi connectivity index (χ3v) is 5.76. The molecule has 0 saturated carbocycles. The van der Waals surface area contributed by atoms with E-state index in [0.29, 0.717) is 16.3 Å². The molecule has 2 heterocycles. The highest BCUT2D eigenvalue weighted by Crippen LogP contribution is 2.43. The maximum atomic E-state index is 13.2. The number of Topliss-reactive ketones (excluding diaryl/α,β-unsaturated/α-hetero) is 1. The van der Waals surface area contributed by atoms with E-state index in [9.17, 15) is 14.7 Å². The van der Waals surface area contributed by atoms with E-state index in [1.165, 1.54) is 4.90 Å². The molecule has 1 aromatic heterocycles. The molecule has 1 aliphatic rings. The van der Waals surface area contributed by atoms with Crippen molar-refractivity contribution < 1.29 is 14.7 Å². The van der Waals surface area contributed by atoms with Gasteiger partial charge < -0.3 is 10.1 Å². The summed E-state index contributed by atoms with van der Waals surface area (Å²) in [4.78, 5) is 30.8. The van der Waals surface area contributed by atoms with Crippen molar-refractivity contribution in [3.05, 3.63) is 107 Å². The number of carbonyl (C=O) groups excluding carboxylic acids is 2. The van der Waals surface area contributed by atoms with Crippen LogP contribution in [0.25, 0.3) is 16.7 Å². The minimum atomic E-state index is -0.768. The number of amides is 1. The first-order chi connectivity index (χ1) is 15.1. The lowest BCUT2D eigenvalue weighted by Crippen LogP contribution is -2.29. The van der Waals surface area contributed by atoms with Crippen molar-refractivity contribution in [2.75, 3.05) is 4.90 Å². The molecule has 5 rings (SSSR count). The van der Waals surface area contributed by atoms with Gasteiger partial charge in [-0.3, -0.25) is 14.5 Å². The number of benzene rings is 3. The number of hydrogen-bond donors (Lipinski definition) is 2. The number of rotatable bonds is 3. The number of carbonyl (C=O) groups is 2. The van der Waals surface area contributed by atoms with E-state index in [-0.39, 0.29) is 11.3 Å². The molecule has 1 saturated heterocycles. The Balaban J connectivity index is 1.75. The second-order valence-electron chi connectivity index (χ2n) is 7.30. The van der Waals surface area contributed by atoms with Gasteiger partial charge in [0.05, 0.1) is 11.6 Å². The normalized spacial score (nSPS) is 18.1. The monoisotopic (exact) mass is 428 g/mol. The van der Waals surface area contributed by atoms with E-state index in [1.807, 2.05) is 54.6 Å². The molecule has 5 nitrogen and oxygen atoms in total. The van der Waals surface area contributed by atoms with Crippen LogP contribution in [0.5, 0.6) is 0 Å². The standard InChI is InChI=1S/C25H17ClN2O3/c26-16-10-12-17(13-11-16)28-22(15-6-2-1-3-7-15)21(24(30)25(28)31)23(29)19-14-27-20-9-5-4-8-18(19)20/h1-14,22,27,29H/b23-21-. The Morgan fingerprint density at radius 1 is 0.903 bits per heavy atom. The largest absolute Gasteiger partial charge is 0.507 e. The lowest BCUT2D eigenvalue weighted by Gasteiger charge is -2.25. The SMILES string of the molecule is O=C1C(=O)N(c2ccc(Cl)cc2)C(c2ccccc2)/C1=C(/O)c1c[nH]c2ccccc12. The maximum absolute atomic E-state index is 13.2. The average Bonchev–Trinajstić information content (AvgIpc) is 3.34. The minimum absolute atomic E-state index is 0.0518. The van der Waals surface area contributed by atoms with Crippen molar-refractivity contribution in [1.82, 2.24) is 4.98 Å². The molecule has 2 N–H and O–H groups in total. The summed E-state index contributed by atoms with van der Waals surface area (Å²) in [5, 5.41) is 12.6. The second kappa shape index (κ2) is 7.45. The van der Waals surface area contributed by atoms with Gasteiger partial charge in [-0.05, 0) is 35.9 Å². The van der Waals surface area contributed by atoms with Crippen LogP contribution in [0.3, 0.4) is 0 Å². The quantitative estimate of drug-likeness (QED) is 0.259. The molecule has 1 unspecified atom stereocenters. The molecule has 31 heavy (non-hydrogen) atoms. The van der Waals surface area contributed by atoms with Crippen molar-refractivity contribution in [3.8, 4) is 0 Å². The lowest BCUT2D eigenvalue weighted by molar-refractivity contribution is -0.132. The Morgan fingerprint density at radius 2 is 1.58 bits per heavy atom. The molecular formula is C25H17ClN2O3. The number of aromatic amines is 1. The van der Waals surface area contributed by atoms with Crippen LogP contribution in [-0.4, -0.2) is 21.8 Å². The number of aliphatic hydroxyl groups is 1. The second-order valence-corrected chi connectivity index (χ2v) is 7.74. The number of H-pyrrole nitrogens is 1. The molecule has 3 aromatic carbocycles. The van der Waals surface area contributed by atoms with Gasteiger partial charge in [0.15, 0.2) is 0 Å². The Morgan fingerprint density at radius 3 is 2.32 bits per heavy atom. The molecule has 0 radical (unpaired) electrons. The molecule has 0 spiro atoms. The van der Waals surface area contributed by atoms with E-state index >= 15 is 0 Å². The molecule has 1 aliphatic heterocycles. The topological polar surface area (TPSA) is 73.4 Å². The summed E-state index contributed by atoms with van der Waals surface area (Å²) in [6, 6.07) is 22.6. The van der Waals surface area contributed by atoms with Gasteiger partial charge in [-0.15, -0.1) is 0 Å². The number of hydrogen-bond acceptors (Lipinski definition) is 3. The predicted octanol–water partition coefficient (Wildman–Crippen LogP) is 5.45. The Kier molecular flexibility index (Phi) is 4.60. The van der Waals surface area contributed by atoms with Gasteiger partial charge in [0.1, 0.15) is 5.76 Å². The average molecular weight is 429 g/mol. The van der Waals surface area contributed by atoms with Crippen molar-refractivity contribution in [2.45, 2.75) is 6.04 Å². The highest BCUT2D eigenvalue weighted by Gasteiger charge is 2.47. The van der Waals surface area contributed by atoms with Crippen molar-refractivity contribution >= 4 is 45.6 Å². The van der Waals surface area contributed by atoms with Gasteiger partial charge in [0, 0.05) is 33.4 Å². The van der Waals surface area contributed by atoms with Crippen molar-refractivity contribution in [2.24, 2.45) is 0 Å². The van der Waals surface area contributed by atoms with Crippen LogP contribution in [0, 0.1) is 0 Å². The van der Waals surface area contributed by atoms with E-state index in [0.717, 1.165) is 16.5 Å². The third kappa shape index (κ3) is 3.10. The zero-order valence-electron chi connectivity index (χ0n) is 16.2. The van der Waals surface area contributed by atoms with Crippen LogP contribution in [0.15, 0.2) is 90.6 Å². The van der Waals surface area contributed by atoms with Gasteiger partial charge in [0.25, 0.3) is 11.7 Å². The van der Waals surface area contributed by atoms with Gasteiger partial charge in [-0.25, -0.2) is 0 Å². The summed E-state index contributed by atoms with van der Waals surface area (Å²) < 4.78 is 0. The fourth-order valence-corrected chi connectivity index (χ4v) is 4.19. The molecule has 0 aliphatic carbocycles. The highest BCUT2D eigenvalue weighted by molar-refractivity contribution is 6.51. The van der Waals surface area contributed by atoms with Crippen molar-refractivity contribution in [3.63, 3.8) is 0 Å². The van der Waals surface area contributed by atoms with Crippen LogP contribution < -0.4 is 4.90 Å². The van der Waals surface area contributed by atoms with Crippen LogP contribution in [-0.2, 0) is 9.59 Å². The van der Waals surface area contributed by atoms with Crippen LogP contribution >= 0.6 is 11.6 Å². The number of aliphatic hydroxyl groups excluding tert-OH is 1. The fourth-order valence-electron chi connectivity index (χ4n) is 4.06. The van der Waals surface area contributed by atoms with Gasteiger partial charge in [-0.2, -0.15) is 0 Å². The summed E-state index contributed by atoms with van der Waals surface area (Å²) in [6.07, 6.45) is 1.65. The number of nitrogens with zero attached hydrogens (tertiary/aromatic N) is 1. The maximum Gasteiger partial charge on any atom is 0.300 e. The first kappa shape index (κ1) is 19.2. The minimum Gasteiger partial charge on any atom is -0.507 e. The summed E-state index contributed by atoms with van der Waals surface area (Å²) in [6.45, 7) is 0. The number of ketones is 1. The van der Waals surface area contributed by atoms with E-state index in [1.54, 1.807) is 30.5 Å². The summed E-state index contributed by atoms with van der Waals surface area (Å²) in [5.41, 5.74) is 2.60. The number of nitrogens with one attached hydrogen (secondary N) is 1. The summed E-state index contributed by atoms with van der Waals surface area (Å²) in [7, 11) is 0. The predicted molar refractivity (Wildman–Crippen MR) is 121 cm³/mol. The first-order valence-corrected chi connectivity index (χ1v) is 10.1. The molecule has 152 valence electrons. The zero-order valence-corrected chi connectivity index (χ0v) is 17.0. The number of anilines is 1. The lowest BCUT2D eigenvalue weighted by atomic mass is 9.95. The highest BCUT2D eigenvalue weighted by atomic mass is 35.5. The number of para-hydroxylation sites is 1. The van der Waals surface area contributed by atoms with Gasteiger partial charge in [0.2, 0.25) is 0 Å². The molecular weight excluding hydrogens is 412 g/mol. The van der Waals surface area contributed by atoms with E-state index in [4.69, 9.17) is 11.6 Å². The molecule has 1 amide bonds. The third-order valence-electron chi connectivity index (χ3n) is 5.51. The molecule has 1 atom stereocenters. The Hall–Kier alpha value is -3.83. The smallest absolute Gasteiger partial charge is 0.300 e. The fraction of sp³-hybridized carbons (Fsp3) is 0.0400. The van der Waals surface area contributed by atoms with Crippen molar-refractivity contribution in [1.29, 1.82) is 0 Å². The van der Waals surface area contributed by atoms with E-state index < -0.39 is 17.7 Å². The Labute approximate surface area is 183 Å². The summed E-state index contributed by atoms with van der Waals surface area (Å²) in [5.74, 6) is -1.63.